The summed E-state index contributed by atoms with van der Waals surface area (Å²) in [4.78, 5) is 18.7. The Kier molecular flexibility index (Phi) is 4.41. The zero-order chi connectivity index (χ0) is 19.0. The van der Waals surface area contributed by atoms with E-state index >= 15 is 0 Å². The first-order chi connectivity index (χ1) is 13.0. The van der Waals surface area contributed by atoms with Gasteiger partial charge < -0.3 is 0 Å². The summed E-state index contributed by atoms with van der Waals surface area (Å²) in [6.45, 7) is 0.236. The molecule has 2 heterocycles. The summed E-state index contributed by atoms with van der Waals surface area (Å²) in [7, 11) is 1.72. The number of hydrogen-bond donors (Lipinski definition) is 0. The summed E-state index contributed by atoms with van der Waals surface area (Å²) in [5, 5.41) is 4.44. The molecule has 0 aliphatic rings. The number of rotatable bonds is 4. The van der Waals surface area contributed by atoms with Crippen LogP contribution < -0.4 is 4.90 Å². The van der Waals surface area contributed by atoms with Gasteiger partial charge in [0.1, 0.15) is 11.3 Å². The maximum absolute atomic E-state index is 14.1. The first-order valence-electron chi connectivity index (χ1n) is 8.12. The van der Waals surface area contributed by atoms with Gasteiger partial charge >= 0.3 is 0 Å². The van der Waals surface area contributed by atoms with E-state index in [2.05, 4.69) is 10.1 Å². The van der Waals surface area contributed by atoms with Crippen molar-refractivity contribution in [3.63, 3.8) is 0 Å². The minimum atomic E-state index is -0.752. The molecule has 0 N–H and O–H groups in total. The molecule has 0 saturated carbocycles. The molecule has 27 heavy (non-hydrogen) atoms. The highest BCUT2D eigenvalue weighted by molar-refractivity contribution is 7.22. The molecule has 0 bridgehead atoms. The Labute approximate surface area is 157 Å². The summed E-state index contributed by atoms with van der Waals surface area (Å²) in [5.74, 6) is -1.79. The van der Waals surface area contributed by atoms with Crippen molar-refractivity contribution >= 4 is 32.6 Å². The van der Waals surface area contributed by atoms with Crippen molar-refractivity contribution < 1.29 is 13.6 Å². The van der Waals surface area contributed by atoms with Gasteiger partial charge in [-0.05, 0) is 17.7 Å². The molecule has 0 atom stereocenters. The van der Waals surface area contributed by atoms with Crippen LogP contribution >= 0.6 is 11.3 Å². The number of fused-ring (bicyclic) bond motifs is 1. The maximum Gasteiger partial charge on any atom is 0.280 e. The number of benzene rings is 2. The summed E-state index contributed by atoms with van der Waals surface area (Å²) in [6, 6.07) is 13.0. The number of aryl methyl sites for hydroxylation is 1. The van der Waals surface area contributed by atoms with Gasteiger partial charge in [-0.2, -0.15) is 5.10 Å². The normalized spacial score (nSPS) is 11.1. The van der Waals surface area contributed by atoms with Gasteiger partial charge in [0.2, 0.25) is 0 Å². The Morgan fingerprint density at radius 2 is 1.96 bits per heavy atom. The fourth-order valence-corrected chi connectivity index (χ4v) is 3.72. The molecule has 5 nitrogen and oxygen atoms in total. The van der Waals surface area contributed by atoms with Gasteiger partial charge in [-0.1, -0.05) is 41.7 Å². The number of thiazole rings is 1. The number of hydrogen-bond acceptors (Lipinski definition) is 4. The molecule has 1 amide bonds. The van der Waals surface area contributed by atoms with E-state index in [-0.39, 0.29) is 28.8 Å². The molecule has 0 radical (unpaired) electrons. The Morgan fingerprint density at radius 3 is 2.67 bits per heavy atom. The number of carbonyl (C=O) groups is 1. The lowest BCUT2D eigenvalue weighted by Gasteiger charge is -2.19. The molecule has 4 rings (SSSR count). The van der Waals surface area contributed by atoms with Crippen LogP contribution in [0.4, 0.5) is 13.9 Å². The van der Waals surface area contributed by atoms with Crippen LogP contribution in [0.25, 0.3) is 10.2 Å². The monoisotopic (exact) mass is 384 g/mol. The molecule has 0 fully saturated rings. The quantitative estimate of drug-likeness (QED) is 0.531. The van der Waals surface area contributed by atoms with Crippen molar-refractivity contribution in [2.45, 2.75) is 6.54 Å². The van der Waals surface area contributed by atoms with Crippen LogP contribution in [0, 0.1) is 11.6 Å². The van der Waals surface area contributed by atoms with Gasteiger partial charge in [0.15, 0.2) is 16.6 Å². The van der Waals surface area contributed by atoms with Crippen molar-refractivity contribution in [1.29, 1.82) is 0 Å². The number of nitrogens with zero attached hydrogens (tertiary/aromatic N) is 4. The zero-order valence-corrected chi connectivity index (χ0v) is 15.1. The lowest BCUT2D eigenvalue weighted by molar-refractivity contribution is 0.0979. The van der Waals surface area contributed by atoms with Crippen molar-refractivity contribution in [2.24, 2.45) is 7.05 Å². The van der Waals surface area contributed by atoms with Crippen LogP contribution in [0.5, 0.6) is 0 Å². The second-order valence-electron chi connectivity index (χ2n) is 5.98. The minimum absolute atomic E-state index is 0.0447. The third kappa shape index (κ3) is 3.43. The third-order valence-corrected chi connectivity index (χ3v) is 5.02. The van der Waals surface area contributed by atoms with Crippen molar-refractivity contribution in [2.75, 3.05) is 4.90 Å². The van der Waals surface area contributed by atoms with Crippen molar-refractivity contribution in [3.8, 4) is 0 Å². The average molecular weight is 384 g/mol. The number of anilines is 1. The molecule has 2 aromatic carbocycles. The van der Waals surface area contributed by atoms with E-state index in [4.69, 9.17) is 0 Å². The Morgan fingerprint density at radius 1 is 1.19 bits per heavy atom. The van der Waals surface area contributed by atoms with Gasteiger partial charge in [0.05, 0.1) is 11.2 Å². The predicted molar refractivity (Wildman–Crippen MR) is 99.7 cm³/mol. The molecule has 0 saturated heterocycles. The second kappa shape index (κ2) is 6.88. The third-order valence-electron chi connectivity index (χ3n) is 3.99. The number of halogens is 2. The van der Waals surface area contributed by atoms with Crippen LogP contribution in [0.15, 0.2) is 54.7 Å². The maximum atomic E-state index is 14.1. The summed E-state index contributed by atoms with van der Waals surface area (Å²) >= 11 is 1.06. The lowest BCUT2D eigenvalue weighted by Crippen LogP contribution is -2.30. The van der Waals surface area contributed by atoms with E-state index in [0.29, 0.717) is 4.70 Å². The fourth-order valence-electron chi connectivity index (χ4n) is 2.72. The van der Waals surface area contributed by atoms with E-state index in [9.17, 15) is 13.6 Å². The van der Waals surface area contributed by atoms with E-state index in [1.54, 1.807) is 19.3 Å². The Bertz CT molecular complexity index is 1120. The van der Waals surface area contributed by atoms with Crippen molar-refractivity contribution in [1.82, 2.24) is 14.8 Å². The SMILES string of the molecule is Cn1ccc(C(=O)N(Cc2ccccc2)c2nc3c(F)cc(F)cc3s2)n1. The van der Waals surface area contributed by atoms with Crippen LogP contribution in [-0.2, 0) is 13.6 Å². The molecule has 136 valence electrons. The molecule has 0 spiro atoms. The average Bonchev–Trinajstić information content (AvgIpc) is 3.26. The van der Waals surface area contributed by atoms with Gasteiger partial charge in [-0.3, -0.25) is 14.4 Å². The van der Waals surface area contributed by atoms with Crippen molar-refractivity contribution in [3.05, 3.63) is 77.6 Å². The van der Waals surface area contributed by atoms with E-state index < -0.39 is 11.6 Å². The first kappa shape index (κ1) is 17.3. The predicted octanol–water partition coefficient (Wildman–Crippen LogP) is 4.16. The molecule has 0 aliphatic heterocycles. The van der Waals surface area contributed by atoms with E-state index in [0.717, 1.165) is 23.0 Å². The molecule has 4 aromatic rings. The standard InChI is InChI=1S/C19H14F2N4OS/c1-24-8-7-15(23-24)18(26)25(11-12-5-3-2-4-6-12)19-22-17-14(21)9-13(20)10-16(17)27-19/h2-10H,11H2,1H3. The molecule has 0 unspecified atom stereocenters. The lowest BCUT2D eigenvalue weighted by atomic mass is 10.2. The topological polar surface area (TPSA) is 51.0 Å². The molecule has 8 heteroatoms. The molecular weight excluding hydrogens is 370 g/mol. The molecule has 0 aliphatic carbocycles. The first-order valence-corrected chi connectivity index (χ1v) is 8.94. The second-order valence-corrected chi connectivity index (χ2v) is 6.99. The largest absolute Gasteiger partial charge is 0.280 e. The fraction of sp³-hybridized carbons (Fsp3) is 0.105. The summed E-state index contributed by atoms with van der Waals surface area (Å²) in [5.41, 5.74) is 1.18. The molecule has 2 aromatic heterocycles. The summed E-state index contributed by atoms with van der Waals surface area (Å²) in [6.07, 6.45) is 1.67. The van der Waals surface area contributed by atoms with Crippen LogP contribution in [0.3, 0.4) is 0 Å². The number of aromatic nitrogens is 3. The van der Waals surface area contributed by atoms with Crippen LogP contribution in [0.2, 0.25) is 0 Å². The molecular formula is C19H14F2N4OS. The summed E-state index contributed by atoms with van der Waals surface area (Å²) < 4.78 is 29.5. The minimum Gasteiger partial charge on any atom is -0.278 e. The van der Waals surface area contributed by atoms with E-state index in [1.807, 2.05) is 30.3 Å². The highest BCUT2D eigenvalue weighted by atomic mass is 32.1. The van der Waals surface area contributed by atoms with Gasteiger partial charge in [-0.15, -0.1) is 0 Å². The Hall–Kier alpha value is -3.13. The van der Waals surface area contributed by atoms with Crippen LogP contribution in [0.1, 0.15) is 16.1 Å². The highest BCUT2D eigenvalue weighted by Gasteiger charge is 2.24. The highest BCUT2D eigenvalue weighted by Crippen LogP contribution is 2.32. The van der Waals surface area contributed by atoms with E-state index in [1.165, 1.54) is 15.6 Å². The van der Waals surface area contributed by atoms with Gasteiger partial charge in [0.25, 0.3) is 5.91 Å². The van der Waals surface area contributed by atoms with Gasteiger partial charge in [0, 0.05) is 19.3 Å². The Balaban J connectivity index is 1.79. The van der Waals surface area contributed by atoms with Gasteiger partial charge in [-0.25, -0.2) is 13.8 Å². The smallest absolute Gasteiger partial charge is 0.278 e. The van der Waals surface area contributed by atoms with Crippen LogP contribution in [-0.4, -0.2) is 20.7 Å². The zero-order valence-electron chi connectivity index (χ0n) is 14.3. The number of carbonyl (C=O) groups excluding carboxylic acids is 1. The number of amides is 1.